The van der Waals surface area contributed by atoms with Crippen LogP contribution in [0.2, 0.25) is 0 Å². The minimum Gasteiger partial charge on any atom is -0.380 e. The van der Waals surface area contributed by atoms with Gasteiger partial charge in [0.15, 0.2) is 0 Å². The molecule has 28 heteroatoms. The average Bonchev–Trinajstić information content (AvgIpc) is 0.995. The van der Waals surface area contributed by atoms with Crippen molar-refractivity contribution in [2.45, 2.75) is 163 Å². The van der Waals surface area contributed by atoms with Crippen LogP contribution in [-0.2, 0) is 45.6 Å². The second-order valence-electron chi connectivity index (χ2n) is 28.4. The van der Waals surface area contributed by atoms with Crippen LogP contribution in [0.15, 0.2) is 141 Å². The molecule has 4 N–H and O–H groups in total. The van der Waals surface area contributed by atoms with Crippen LogP contribution in [0.25, 0.3) is 10.4 Å². The quantitative estimate of drug-likeness (QED) is 0.0198. The van der Waals surface area contributed by atoms with Crippen molar-refractivity contribution in [2.24, 2.45) is 10.8 Å². The van der Waals surface area contributed by atoms with Crippen LogP contribution in [0.3, 0.4) is 0 Å². The third kappa shape index (κ3) is 21.0. The van der Waals surface area contributed by atoms with E-state index in [0.29, 0.717) is 90.8 Å². The number of rotatable bonds is 29. The van der Waals surface area contributed by atoms with Crippen molar-refractivity contribution in [3.63, 3.8) is 0 Å². The van der Waals surface area contributed by atoms with Crippen molar-refractivity contribution >= 4 is 83.9 Å². The van der Waals surface area contributed by atoms with Gasteiger partial charge in [-0.15, -0.1) is 23.1 Å². The number of alkyl halides is 5. The number of benzene rings is 4. The predicted molar refractivity (Wildman–Crippen MR) is 385 cm³/mol. The van der Waals surface area contributed by atoms with E-state index in [1.165, 1.54) is 35.0 Å². The number of aromatic nitrogens is 1. The number of allylic oxidation sites excluding steroid dienone is 2. The Morgan fingerprint density at radius 1 is 0.812 bits per heavy atom. The maximum atomic E-state index is 14.6. The Balaban J connectivity index is 0.760. The summed E-state index contributed by atoms with van der Waals surface area (Å²) in [7, 11) is -11.2. The number of halogens is 5. The molecule has 1 aliphatic carbocycles. The van der Waals surface area contributed by atoms with Gasteiger partial charge >= 0.3 is 5.51 Å². The molecule has 3 fully saturated rings. The summed E-state index contributed by atoms with van der Waals surface area (Å²) in [4.78, 5) is 82.2. The lowest BCUT2D eigenvalue weighted by atomic mass is 9.73. The number of sulfone groups is 1. The van der Waals surface area contributed by atoms with Crippen LogP contribution in [-0.4, -0.2) is 179 Å². The van der Waals surface area contributed by atoms with Gasteiger partial charge in [-0.05, 0) is 147 Å². The van der Waals surface area contributed by atoms with Crippen LogP contribution in [0.4, 0.5) is 33.3 Å². The highest BCUT2D eigenvalue weighted by atomic mass is 32.2. The molecule has 3 saturated heterocycles. The molecule has 4 aromatic carbocycles. The third-order valence-electron chi connectivity index (χ3n) is 19.3. The van der Waals surface area contributed by atoms with Crippen LogP contribution in [0.5, 0.6) is 0 Å². The average molecular weight is 1480 g/mol. The van der Waals surface area contributed by atoms with Crippen molar-refractivity contribution in [1.82, 2.24) is 39.9 Å². The van der Waals surface area contributed by atoms with E-state index in [2.05, 4.69) is 56.1 Å². The number of piperazine rings is 2. The van der Waals surface area contributed by atoms with Crippen molar-refractivity contribution in [3.8, 4) is 10.4 Å². The topological polar surface area (TPSA) is 231 Å². The van der Waals surface area contributed by atoms with Gasteiger partial charge in [-0.1, -0.05) is 94.8 Å². The van der Waals surface area contributed by atoms with Crippen molar-refractivity contribution in [1.29, 1.82) is 0 Å². The molecule has 5 amide bonds. The van der Waals surface area contributed by atoms with Crippen LogP contribution in [0, 0.1) is 17.8 Å². The number of thioether (sulfide) groups is 1. The number of nitrogens with zero attached hydrogens (tertiary/aromatic N) is 6. The maximum Gasteiger partial charge on any atom is 0.501 e. The van der Waals surface area contributed by atoms with Gasteiger partial charge in [0.25, 0.3) is 32.2 Å². The first kappa shape index (κ1) is 77.9. The van der Waals surface area contributed by atoms with E-state index in [0.717, 1.165) is 70.2 Å². The Bertz CT molecular complexity index is 4000. The summed E-state index contributed by atoms with van der Waals surface area (Å²) in [5.74, 6) is -2.06. The van der Waals surface area contributed by atoms with E-state index in [9.17, 15) is 62.8 Å². The molecule has 101 heavy (non-hydrogen) atoms. The highest BCUT2D eigenvalue weighted by Gasteiger charge is 2.49. The van der Waals surface area contributed by atoms with E-state index in [1.54, 1.807) is 38.8 Å². The molecule has 3 aliphatic heterocycles. The Morgan fingerprint density at radius 2 is 1.50 bits per heavy atom. The first-order chi connectivity index (χ1) is 47.7. The molecule has 9 rings (SSSR count). The standard InChI is InChI=1S/C73H93F5N10O9S4/c1-49(67(74)75)18-21-54-44-72(6,7)32-30-55(54)46-85-37-39-86(40-38-85)57-26-24-53(25-27-57)68(91)83-101(96,97)59-28-29-60(62(43-59)100(94,95)73(76,77)78)81-56(47-98-58-13-9-8-10-14-58)31-34-84-35-41-87(42-36-84)64(90)17-11-16-63(89)82-66(71(3,4)5)70(93)88-33-12-15-61(88)69(92)79-45-51-19-22-52(23-20-51)65-50(2)80-48-99-65/h8-10,13-14,19-20,22-29,43,48,56,61,66-67,81H,1,11-12,15-18,21,30-42,44-47H2,2-7H3,(H,79,92)(H,82,89)(H,83,91)/t56-,61+,66-/m1/s1. The zero-order valence-electron chi connectivity index (χ0n) is 58.2. The normalized spacial score (nSPS) is 17.9. The summed E-state index contributed by atoms with van der Waals surface area (Å²) in [6.45, 7) is 21.4. The number of hydrogen-bond donors (Lipinski definition) is 4. The number of sulfonamides is 1. The fraction of sp³-hybridized carbons (Fsp3) is 0.507. The number of amides is 5. The zero-order valence-corrected chi connectivity index (χ0v) is 61.4. The number of carbonyl (C=O) groups excluding carboxylic acids is 5. The molecule has 4 heterocycles. The number of nitrogens with one attached hydrogen (secondary N) is 4. The number of aryl methyl sites for hydroxylation is 1. The summed E-state index contributed by atoms with van der Waals surface area (Å²) in [5.41, 5.74) is 0.860. The predicted octanol–water partition coefficient (Wildman–Crippen LogP) is 11.9. The number of thiazole rings is 1. The highest BCUT2D eigenvalue weighted by molar-refractivity contribution is 7.99. The molecule has 0 spiro atoms. The minimum atomic E-state index is -6.20. The molecule has 5 aromatic rings. The number of hydrogen-bond acceptors (Lipinski definition) is 16. The lowest BCUT2D eigenvalue weighted by Gasteiger charge is -2.39. The van der Waals surface area contributed by atoms with Crippen LogP contribution < -0.4 is 25.6 Å². The first-order valence-electron chi connectivity index (χ1n) is 34.3. The molecule has 3 atom stereocenters. The molecule has 548 valence electrons. The molecule has 0 saturated carbocycles. The Hall–Kier alpha value is -7.24. The van der Waals surface area contributed by atoms with E-state index in [-0.39, 0.29) is 78.7 Å². The van der Waals surface area contributed by atoms with Crippen LogP contribution >= 0.6 is 23.1 Å². The van der Waals surface area contributed by atoms with Gasteiger partial charge in [0.1, 0.15) is 17.0 Å². The fourth-order valence-electron chi connectivity index (χ4n) is 13.2. The third-order valence-corrected chi connectivity index (χ3v) is 24.3. The Labute approximate surface area is 598 Å². The molecule has 19 nitrogen and oxygen atoms in total. The summed E-state index contributed by atoms with van der Waals surface area (Å²) >= 11 is 2.93. The summed E-state index contributed by atoms with van der Waals surface area (Å²) in [6.07, 6.45) is 2.64. The summed E-state index contributed by atoms with van der Waals surface area (Å²) < 4.78 is 127. The Kier molecular flexibility index (Phi) is 26.2. The smallest absolute Gasteiger partial charge is 0.380 e. The van der Waals surface area contributed by atoms with Gasteiger partial charge in [-0.3, -0.25) is 33.8 Å². The molecule has 1 aromatic heterocycles. The van der Waals surface area contributed by atoms with Crippen molar-refractivity contribution in [3.05, 3.63) is 143 Å². The largest absolute Gasteiger partial charge is 0.501 e. The van der Waals surface area contributed by atoms with E-state index in [4.69, 9.17) is 0 Å². The minimum absolute atomic E-state index is 0.0262. The second-order valence-corrected chi connectivity index (χ2v) is 34.0. The fourth-order valence-corrected chi connectivity index (χ4v) is 17.1. The first-order valence-corrected chi connectivity index (χ1v) is 39.2. The zero-order chi connectivity index (χ0) is 73.0. The lowest BCUT2D eigenvalue weighted by Crippen LogP contribution is -2.57. The highest BCUT2D eigenvalue weighted by Crippen LogP contribution is 2.42. The van der Waals surface area contributed by atoms with Gasteiger partial charge in [0.2, 0.25) is 23.6 Å². The van der Waals surface area contributed by atoms with Gasteiger partial charge in [-0.25, -0.2) is 35.3 Å². The van der Waals surface area contributed by atoms with Gasteiger partial charge in [0.05, 0.1) is 26.7 Å². The summed E-state index contributed by atoms with van der Waals surface area (Å²) in [6, 6.07) is 23.1. The Morgan fingerprint density at radius 3 is 2.14 bits per heavy atom. The molecule has 0 unspecified atom stereocenters. The molecule has 4 aliphatic rings. The molecular formula is C73H93F5N10O9S4. The van der Waals surface area contributed by atoms with E-state index in [1.807, 2.05) is 87.0 Å². The van der Waals surface area contributed by atoms with Crippen LogP contribution in [0.1, 0.15) is 127 Å². The van der Waals surface area contributed by atoms with Gasteiger partial charge in [-0.2, -0.15) is 13.2 Å². The maximum absolute atomic E-state index is 14.6. The molecular weight excluding hydrogens is 1380 g/mol. The van der Waals surface area contributed by atoms with Crippen molar-refractivity contribution in [2.75, 3.05) is 88.0 Å². The molecule has 0 bridgehead atoms. The second kappa shape index (κ2) is 33.9. The van der Waals surface area contributed by atoms with Gasteiger partial charge < -0.3 is 30.7 Å². The molecule has 0 radical (unpaired) electrons. The van der Waals surface area contributed by atoms with Crippen molar-refractivity contribution < 1.29 is 62.8 Å². The van der Waals surface area contributed by atoms with E-state index < -0.39 is 82.6 Å². The summed E-state index contributed by atoms with van der Waals surface area (Å²) in [5, 5.41) is 8.90. The SMILES string of the molecule is C=C(CCC1=C(CN2CCN(c3ccc(C(=O)NS(=O)(=O)c4ccc(N[C@H](CCN5CCN(C(=O)CCCC(=O)N[C@H](C(=O)N6CCC[C@H]6C(=O)NCc6ccc(-c7scnc7C)cc6)C(C)(C)C)CC5)CSc5ccccc5)c(S(=O)(=O)C(F)(F)F)c4)cc3)CC2)CCC(C)(C)C1)C(F)F. The lowest BCUT2D eigenvalue weighted by molar-refractivity contribution is -0.144. The number of carbonyl (C=O) groups is 5. The number of anilines is 2. The van der Waals surface area contributed by atoms with E-state index >= 15 is 0 Å². The number of likely N-dealkylation sites (tertiary alicyclic amines) is 1. The monoisotopic (exact) mass is 1480 g/mol. The van der Waals surface area contributed by atoms with Gasteiger partial charge in [0, 0.05) is 119 Å².